The van der Waals surface area contributed by atoms with Crippen molar-refractivity contribution in [1.29, 1.82) is 0 Å². The van der Waals surface area contributed by atoms with Crippen LogP contribution in [0.25, 0.3) is 0 Å². The summed E-state index contributed by atoms with van der Waals surface area (Å²) in [4.78, 5) is 11.2. The van der Waals surface area contributed by atoms with Crippen LogP contribution in [-0.4, -0.2) is 36.4 Å². The van der Waals surface area contributed by atoms with Crippen LogP contribution in [-0.2, 0) is 9.53 Å². The zero-order chi connectivity index (χ0) is 15.7. The fourth-order valence-electron chi connectivity index (χ4n) is 1.72. The monoisotopic (exact) mass is 295 g/mol. The fraction of sp³-hybridized carbons (Fsp3) is 0.562. The molecule has 1 aromatic rings. The maximum Gasteiger partial charge on any atom is 0.308 e. The zero-order valence-corrected chi connectivity index (χ0v) is 13.0. The molecule has 0 heterocycles. The van der Waals surface area contributed by atoms with Crippen molar-refractivity contribution in [3.8, 4) is 5.75 Å². The third-order valence-corrected chi connectivity index (χ3v) is 3.00. The zero-order valence-electron chi connectivity index (χ0n) is 13.0. The Kier molecular flexibility index (Phi) is 7.61. The summed E-state index contributed by atoms with van der Waals surface area (Å²) >= 11 is 0. The van der Waals surface area contributed by atoms with Crippen molar-refractivity contribution in [1.82, 2.24) is 0 Å². The molecule has 0 amide bonds. The molecule has 2 atom stereocenters. The Morgan fingerprint density at radius 3 is 2.81 bits per heavy atom. The van der Waals surface area contributed by atoms with Gasteiger partial charge in [0.25, 0.3) is 0 Å². The first kappa shape index (κ1) is 17.3. The van der Waals surface area contributed by atoms with Gasteiger partial charge in [0.1, 0.15) is 5.75 Å². The number of benzene rings is 1. The van der Waals surface area contributed by atoms with Gasteiger partial charge in [0.15, 0.2) is 0 Å². The number of hydrogen-bond acceptors (Lipinski definition) is 5. The summed E-state index contributed by atoms with van der Waals surface area (Å²) in [5.74, 6) is 0.398. The Hall–Kier alpha value is -1.75. The van der Waals surface area contributed by atoms with Gasteiger partial charge < -0.3 is 19.9 Å². The van der Waals surface area contributed by atoms with Crippen LogP contribution in [0.4, 0.5) is 5.69 Å². The Labute approximate surface area is 126 Å². The van der Waals surface area contributed by atoms with Gasteiger partial charge >= 0.3 is 5.97 Å². The number of carbonyl (C=O) groups is 1. The van der Waals surface area contributed by atoms with Crippen LogP contribution in [0.3, 0.4) is 0 Å². The number of esters is 1. The molecule has 0 saturated heterocycles. The highest BCUT2D eigenvalue weighted by molar-refractivity contribution is 5.70. The normalized spacial score (nSPS) is 13.3. The van der Waals surface area contributed by atoms with Crippen LogP contribution < -0.4 is 10.1 Å². The number of hydrogen-bond donors (Lipinski definition) is 2. The third-order valence-electron chi connectivity index (χ3n) is 3.00. The number of rotatable bonds is 9. The minimum atomic E-state index is -0.775. The molecule has 0 saturated carbocycles. The Balaban J connectivity index is 2.44. The number of anilines is 1. The van der Waals surface area contributed by atoms with Crippen molar-refractivity contribution in [2.75, 3.05) is 18.5 Å². The van der Waals surface area contributed by atoms with E-state index in [-0.39, 0.29) is 25.0 Å². The van der Waals surface area contributed by atoms with Crippen LogP contribution in [0.2, 0.25) is 0 Å². The summed E-state index contributed by atoms with van der Waals surface area (Å²) in [6.45, 7) is 6.44. The molecule has 0 aliphatic heterocycles. The molecule has 5 nitrogen and oxygen atoms in total. The number of nitrogens with one attached hydrogen (secondary N) is 1. The molecule has 0 aromatic heterocycles. The molecule has 2 N–H and O–H groups in total. The van der Waals surface area contributed by atoms with E-state index < -0.39 is 6.10 Å². The molecule has 1 rings (SSSR count). The van der Waals surface area contributed by atoms with Crippen molar-refractivity contribution >= 4 is 11.7 Å². The van der Waals surface area contributed by atoms with Crippen LogP contribution in [0, 0.1) is 0 Å². The second-order valence-electron chi connectivity index (χ2n) is 4.91. The summed E-state index contributed by atoms with van der Waals surface area (Å²) in [6.07, 6.45) is 0.317. The van der Waals surface area contributed by atoms with Crippen LogP contribution in [0.5, 0.6) is 5.75 Å². The topological polar surface area (TPSA) is 67.8 Å². The molecule has 21 heavy (non-hydrogen) atoms. The van der Waals surface area contributed by atoms with Gasteiger partial charge in [-0.05, 0) is 32.4 Å². The fourth-order valence-corrected chi connectivity index (χ4v) is 1.72. The predicted octanol–water partition coefficient (Wildman–Crippen LogP) is 2.59. The van der Waals surface area contributed by atoms with E-state index in [9.17, 15) is 9.90 Å². The molecule has 0 bridgehead atoms. The van der Waals surface area contributed by atoms with Crippen LogP contribution in [0.1, 0.15) is 33.6 Å². The molecule has 1 aromatic carbocycles. The van der Waals surface area contributed by atoms with Gasteiger partial charge in [0.05, 0.1) is 25.2 Å². The Morgan fingerprint density at radius 1 is 1.38 bits per heavy atom. The van der Waals surface area contributed by atoms with E-state index in [1.54, 1.807) is 6.92 Å². The van der Waals surface area contributed by atoms with Crippen molar-refractivity contribution < 1.29 is 19.4 Å². The quantitative estimate of drug-likeness (QED) is 0.685. The molecule has 0 spiro atoms. The maximum atomic E-state index is 11.2. The largest absolute Gasteiger partial charge is 0.491 e. The summed E-state index contributed by atoms with van der Waals surface area (Å²) in [5.41, 5.74) is 0.846. The van der Waals surface area contributed by atoms with E-state index in [2.05, 4.69) is 12.2 Å². The Morgan fingerprint density at radius 2 is 2.14 bits per heavy atom. The van der Waals surface area contributed by atoms with Gasteiger partial charge in [-0.15, -0.1) is 0 Å². The van der Waals surface area contributed by atoms with Crippen LogP contribution in [0.15, 0.2) is 24.3 Å². The van der Waals surface area contributed by atoms with Gasteiger partial charge in [-0.3, -0.25) is 4.79 Å². The Bertz CT molecular complexity index is 436. The lowest BCUT2D eigenvalue weighted by Crippen LogP contribution is -2.23. The summed E-state index contributed by atoms with van der Waals surface area (Å²) in [5, 5.41) is 12.9. The minimum Gasteiger partial charge on any atom is -0.491 e. The van der Waals surface area contributed by atoms with Gasteiger partial charge in [-0.1, -0.05) is 13.0 Å². The standard InChI is InChI=1S/C16H25NO4/c1-4-12(3)21-15-8-6-7-13(9-15)17-11-14(18)10-16(19)20-5-2/h6-9,12,14,17-18H,4-5,10-11H2,1-3H3. The van der Waals surface area contributed by atoms with Crippen molar-refractivity contribution in [3.63, 3.8) is 0 Å². The van der Waals surface area contributed by atoms with E-state index in [1.807, 2.05) is 31.2 Å². The third kappa shape index (κ3) is 6.99. The molecule has 0 aliphatic rings. The minimum absolute atomic E-state index is 0.0100. The molecule has 0 radical (unpaired) electrons. The van der Waals surface area contributed by atoms with E-state index in [1.165, 1.54) is 0 Å². The highest BCUT2D eigenvalue weighted by atomic mass is 16.5. The summed E-state index contributed by atoms with van der Waals surface area (Å²) in [7, 11) is 0. The SMILES string of the molecule is CCOC(=O)CC(O)CNc1cccc(OC(C)CC)c1. The van der Waals surface area contributed by atoms with E-state index in [0.29, 0.717) is 6.61 Å². The second kappa shape index (κ2) is 9.23. The van der Waals surface area contributed by atoms with Gasteiger partial charge in [-0.2, -0.15) is 0 Å². The van der Waals surface area contributed by atoms with Gasteiger partial charge in [0.2, 0.25) is 0 Å². The van der Waals surface area contributed by atoms with Crippen molar-refractivity contribution in [3.05, 3.63) is 24.3 Å². The molecular weight excluding hydrogens is 270 g/mol. The summed E-state index contributed by atoms with van der Waals surface area (Å²) < 4.78 is 10.5. The lowest BCUT2D eigenvalue weighted by Gasteiger charge is -2.15. The van der Waals surface area contributed by atoms with Gasteiger partial charge in [-0.25, -0.2) is 0 Å². The second-order valence-corrected chi connectivity index (χ2v) is 4.91. The lowest BCUT2D eigenvalue weighted by atomic mass is 10.2. The van der Waals surface area contributed by atoms with E-state index >= 15 is 0 Å². The van der Waals surface area contributed by atoms with Crippen molar-refractivity contribution in [2.24, 2.45) is 0 Å². The lowest BCUT2D eigenvalue weighted by molar-refractivity contribution is -0.145. The average Bonchev–Trinajstić information content (AvgIpc) is 2.45. The molecule has 118 valence electrons. The van der Waals surface area contributed by atoms with Crippen LogP contribution >= 0.6 is 0 Å². The number of ether oxygens (including phenoxy) is 2. The number of carbonyl (C=O) groups excluding carboxylic acids is 1. The first-order valence-corrected chi connectivity index (χ1v) is 7.39. The number of aliphatic hydroxyl groups is 1. The first-order chi connectivity index (χ1) is 10.0. The van der Waals surface area contributed by atoms with E-state index in [4.69, 9.17) is 9.47 Å². The van der Waals surface area contributed by atoms with Crippen molar-refractivity contribution in [2.45, 2.75) is 45.8 Å². The van der Waals surface area contributed by atoms with Gasteiger partial charge in [0, 0.05) is 18.3 Å². The number of aliphatic hydroxyl groups excluding tert-OH is 1. The summed E-state index contributed by atoms with van der Waals surface area (Å²) in [6, 6.07) is 7.55. The predicted molar refractivity (Wildman–Crippen MR) is 82.6 cm³/mol. The smallest absolute Gasteiger partial charge is 0.308 e. The van der Waals surface area contributed by atoms with E-state index in [0.717, 1.165) is 17.9 Å². The highest BCUT2D eigenvalue weighted by Crippen LogP contribution is 2.19. The average molecular weight is 295 g/mol. The highest BCUT2D eigenvalue weighted by Gasteiger charge is 2.11. The molecule has 5 heteroatoms. The molecule has 0 aliphatic carbocycles. The first-order valence-electron chi connectivity index (χ1n) is 7.39. The molecular formula is C16H25NO4. The molecule has 2 unspecified atom stereocenters. The molecule has 0 fully saturated rings. The maximum absolute atomic E-state index is 11.2.